The van der Waals surface area contributed by atoms with Gasteiger partial charge in [-0.25, -0.2) is 0 Å². The van der Waals surface area contributed by atoms with E-state index >= 15 is 0 Å². The average molecular weight is 361 g/mol. The number of nitrogens with zero attached hydrogens (tertiary/aromatic N) is 4. The molecule has 2 aromatic heterocycles. The number of hydrogen-bond acceptors (Lipinski definition) is 4. The molecule has 6 nitrogen and oxygen atoms in total. The highest BCUT2D eigenvalue weighted by atomic mass is 16.1. The van der Waals surface area contributed by atoms with Crippen LogP contribution in [0, 0.1) is 0 Å². The fraction of sp³-hybridized carbons (Fsp3) is 0.333. The number of nitrogens with one attached hydrogen (secondary N) is 1. The number of carbonyl (C=O) groups excluding carboxylic acids is 1. The fourth-order valence-corrected chi connectivity index (χ4v) is 3.73. The highest BCUT2D eigenvalue weighted by Crippen LogP contribution is 2.31. The van der Waals surface area contributed by atoms with Gasteiger partial charge in [0.15, 0.2) is 5.82 Å². The summed E-state index contributed by atoms with van der Waals surface area (Å²) in [5, 5.41) is 11.4. The number of benzene rings is 1. The minimum atomic E-state index is -0.194. The van der Waals surface area contributed by atoms with Crippen molar-refractivity contribution in [3.05, 3.63) is 66.5 Å². The maximum atomic E-state index is 12.7. The van der Waals surface area contributed by atoms with Crippen molar-refractivity contribution in [2.24, 2.45) is 0 Å². The second-order valence-corrected chi connectivity index (χ2v) is 7.04. The minimum absolute atomic E-state index is 0.107. The molecule has 2 heterocycles. The summed E-state index contributed by atoms with van der Waals surface area (Å²) in [5.41, 5.74) is 2.77. The van der Waals surface area contributed by atoms with Gasteiger partial charge in [0.2, 0.25) is 0 Å². The molecule has 4 rings (SSSR count). The molecule has 1 amide bonds. The number of carbonyl (C=O) groups is 1. The van der Waals surface area contributed by atoms with E-state index in [9.17, 15) is 4.79 Å². The third kappa shape index (κ3) is 3.74. The predicted octanol–water partition coefficient (Wildman–Crippen LogP) is 3.95. The van der Waals surface area contributed by atoms with E-state index in [-0.39, 0.29) is 11.9 Å². The van der Waals surface area contributed by atoms with Gasteiger partial charge in [0.1, 0.15) is 6.33 Å². The first-order valence-corrected chi connectivity index (χ1v) is 9.43. The van der Waals surface area contributed by atoms with Crippen molar-refractivity contribution >= 4 is 5.91 Å². The lowest BCUT2D eigenvalue weighted by atomic mass is 10.0. The van der Waals surface area contributed by atoms with Crippen LogP contribution in [0.15, 0.2) is 55.1 Å². The summed E-state index contributed by atoms with van der Waals surface area (Å²) in [6.45, 7) is 1.96. The van der Waals surface area contributed by atoms with Crippen molar-refractivity contribution in [2.75, 3.05) is 0 Å². The van der Waals surface area contributed by atoms with Crippen LogP contribution in [0.5, 0.6) is 0 Å². The van der Waals surface area contributed by atoms with Crippen molar-refractivity contribution < 1.29 is 4.79 Å². The lowest BCUT2D eigenvalue weighted by molar-refractivity contribution is 0.0937. The van der Waals surface area contributed by atoms with Gasteiger partial charge in [0.25, 0.3) is 5.91 Å². The highest BCUT2D eigenvalue weighted by Gasteiger charge is 2.23. The molecule has 1 aliphatic carbocycles. The Labute approximate surface area is 158 Å². The lowest BCUT2D eigenvalue weighted by Gasteiger charge is -2.18. The molecule has 6 heteroatoms. The van der Waals surface area contributed by atoms with Crippen LogP contribution in [0.2, 0.25) is 0 Å². The van der Waals surface area contributed by atoms with E-state index in [4.69, 9.17) is 0 Å². The van der Waals surface area contributed by atoms with Crippen molar-refractivity contribution in [3.8, 4) is 11.1 Å². The monoisotopic (exact) mass is 361 g/mol. The maximum absolute atomic E-state index is 12.7. The zero-order valence-corrected chi connectivity index (χ0v) is 15.4. The summed E-state index contributed by atoms with van der Waals surface area (Å²) >= 11 is 0. The van der Waals surface area contributed by atoms with Crippen LogP contribution >= 0.6 is 0 Å². The first-order valence-electron chi connectivity index (χ1n) is 9.43. The van der Waals surface area contributed by atoms with E-state index < -0.39 is 0 Å². The Morgan fingerprint density at radius 3 is 2.44 bits per heavy atom. The molecule has 0 saturated heterocycles. The van der Waals surface area contributed by atoms with Crippen molar-refractivity contribution in [3.63, 3.8) is 0 Å². The Morgan fingerprint density at radius 1 is 1.07 bits per heavy atom. The van der Waals surface area contributed by atoms with Crippen LogP contribution in [0.25, 0.3) is 11.1 Å². The van der Waals surface area contributed by atoms with Gasteiger partial charge in [-0.3, -0.25) is 9.78 Å². The maximum Gasteiger partial charge on any atom is 0.251 e. The molecule has 0 aliphatic heterocycles. The van der Waals surface area contributed by atoms with Crippen LogP contribution in [-0.4, -0.2) is 25.7 Å². The second-order valence-electron chi connectivity index (χ2n) is 7.04. The van der Waals surface area contributed by atoms with Gasteiger partial charge in [-0.1, -0.05) is 25.0 Å². The first kappa shape index (κ1) is 17.4. The molecule has 0 radical (unpaired) electrons. The van der Waals surface area contributed by atoms with E-state index in [0.29, 0.717) is 11.6 Å². The Hall–Kier alpha value is -3.02. The Bertz CT molecular complexity index is 898. The minimum Gasteiger partial charge on any atom is -0.342 e. The second kappa shape index (κ2) is 7.70. The smallest absolute Gasteiger partial charge is 0.251 e. The molecule has 0 spiro atoms. The molecule has 1 aliphatic rings. The third-order valence-electron chi connectivity index (χ3n) is 5.21. The van der Waals surface area contributed by atoms with E-state index in [1.807, 2.05) is 43.3 Å². The largest absolute Gasteiger partial charge is 0.342 e. The van der Waals surface area contributed by atoms with Crippen molar-refractivity contribution in [2.45, 2.75) is 44.7 Å². The Kier molecular flexibility index (Phi) is 4.96. The molecular formula is C21H23N5O. The number of aromatic nitrogens is 4. The average Bonchev–Trinajstić information content (AvgIpc) is 3.40. The summed E-state index contributed by atoms with van der Waals surface area (Å²) in [6, 6.07) is 11.8. The molecule has 1 saturated carbocycles. The summed E-state index contributed by atoms with van der Waals surface area (Å²) in [4.78, 5) is 16.7. The summed E-state index contributed by atoms with van der Waals surface area (Å²) in [7, 11) is 0. The zero-order chi connectivity index (χ0) is 18.6. The molecule has 27 heavy (non-hydrogen) atoms. The van der Waals surface area contributed by atoms with Gasteiger partial charge in [-0.2, -0.15) is 0 Å². The summed E-state index contributed by atoms with van der Waals surface area (Å²) in [6.07, 6.45) is 10.1. The Morgan fingerprint density at radius 2 is 1.74 bits per heavy atom. The number of rotatable bonds is 5. The molecule has 1 fully saturated rings. The van der Waals surface area contributed by atoms with E-state index in [2.05, 4.69) is 25.1 Å². The number of hydrogen-bond donors (Lipinski definition) is 1. The topological polar surface area (TPSA) is 72.7 Å². The van der Waals surface area contributed by atoms with Crippen LogP contribution in [0.3, 0.4) is 0 Å². The highest BCUT2D eigenvalue weighted by molar-refractivity contribution is 5.94. The molecule has 1 unspecified atom stereocenters. The molecule has 1 atom stereocenters. The van der Waals surface area contributed by atoms with Crippen molar-refractivity contribution in [1.29, 1.82) is 0 Å². The fourth-order valence-electron chi connectivity index (χ4n) is 3.73. The molecule has 3 aromatic rings. The quantitative estimate of drug-likeness (QED) is 0.747. The predicted molar refractivity (Wildman–Crippen MR) is 103 cm³/mol. The lowest BCUT2D eigenvalue weighted by Crippen LogP contribution is -2.29. The number of pyridine rings is 1. The van der Waals surface area contributed by atoms with Crippen LogP contribution < -0.4 is 5.32 Å². The molecule has 1 N–H and O–H groups in total. The molecule has 0 bridgehead atoms. The standard InChI is InChI=1S/C21H23N5O/c1-15(20-25-23-14-26(20)19-4-2-3-5-19)24-21(27)18-8-6-16(7-9-18)17-10-12-22-13-11-17/h6-15,19H,2-5H2,1H3,(H,24,27). The third-order valence-corrected chi connectivity index (χ3v) is 5.21. The van der Waals surface area contributed by atoms with Gasteiger partial charge in [-0.15, -0.1) is 10.2 Å². The first-order chi connectivity index (χ1) is 13.2. The van der Waals surface area contributed by atoms with Gasteiger partial charge >= 0.3 is 0 Å². The van der Waals surface area contributed by atoms with E-state index in [1.54, 1.807) is 18.7 Å². The van der Waals surface area contributed by atoms with Crippen LogP contribution in [0.1, 0.15) is 60.9 Å². The summed E-state index contributed by atoms with van der Waals surface area (Å²) in [5.74, 6) is 0.716. The van der Waals surface area contributed by atoms with Crippen LogP contribution in [-0.2, 0) is 0 Å². The van der Waals surface area contributed by atoms with E-state index in [1.165, 1.54) is 12.8 Å². The molecule has 1 aromatic carbocycles. The number of amides is 1. The van der Waals surface area contributed by atoms with Gasteiger partial charge in [0, 0.05) is 24.0 Å². The van der Waals surface area contributed by atoms with Gasteiger partial charge in [-0.05, 0) is 55.2 Å². The molecule has 138 valence electrons. The Balaban J connectivity index is 1.45. The van der Waals surface area contributed by atoms with Crippen molar-refractivity contribution in [1.82, 2.24) is 25.1 Å². The van der Waals surface area contributed by atoms with E-state index in [0.717, 1.165) is 29.8 Å². The van der Waals surface area contributed by atoms with Gasteiger partial charge in [0.05, 0.1) is 6.04 Å². The zero-order valence-electron chi connectivity index (χ0n) is 15.4. The SMILES string of the molecule is CC(NC(=O)c1ccc(-c2ccncc2)cc1)c1nncn1C1CCCC1. The van der Waals surface area contributed by atoms with Gasteiger partial charge < -0.3 is 9.88 Å². The van der Waals surface area contributed by atoms with Crippen LogP contribution in [0.4, 0.5) is 0 Å². The summed E-state index contributed by atoms with van der Waals surface area (Å²) < 4.78 is 2.13. The molecular weight excluding hydrogens is 338 g/mol. The normalized spacial score (nSPS) is 15.6.